The molecule has 1 N–H and O–H groups in total. The summed E-state index contributed by atoms with van der Waals surface area (Å²) in [5.41, 5.74) is 0.193. The smallest absolute Gasteiger partial charge is 0.407 e. The van der Waals surface area contributed by atoms with Crippen molar-refractivity contribution in [3.63, 3.8) is 0 Å². The first-order valence-corrected chi connectivity index (χ1v) is 8.77. The van der Waals surface area contributed by atoms with E-state index in [1.165, 1.54) is 6.08 Å². The monoisotopic (exact) mass is 359 g/mol. The van der Waals surface area contributed by atoms with Crippen molar-refractivity contribution in [2.45, 2.75) is 39.2 Å². The van der Waals surface area contributed by atoms with Gasteiger partial charge in [0.1, 0.15) is 6.61 Å². The van der Waals surface area contributed by atoms with Crippen LogP contribution in [-0.2, 0) is 19.1 Å². The van der Waals surface area contributed by atoms with Crippen LogP contribution in [0.4, 0.5) is 4.79 Å². The molecule has 2 atom stereocenters. The first kappa shape index (κ1) is 19.7. The molecule has 6 nitrogen and oxygen atoms in total. The van der Waals surface area contributed by atoms with Gasteiger partial charge in [-0.25, -0.2) is 4.79 Å². The Kier molecular flexibility index (Phi) is 6.55. The molecule has 0 saturated heterocycles. The summed E-state index contributed by atoms with van der Waals surface area (Å²) in [4.78, 5) is 37.8. The number of Topliss-reactive ketones (excluding diaryl/α,β-unsaturated/α-hetero) is 1. The first-order chi connectivity index (χ1) is 12.5. The lowest BCUT2D eigenvalue weighted by Crippen LogP contribution is -2.49. The van der Waals surface area contributed by atoms with Crippen molar-refractivity contribution in [3.8, 4) is 0 Å². The first-order valence-electron chi connectivity index (χ1n) is 8.77. The quantitative estimate of drug-likeness (QED) is 0.459. The van der Waals surface area contributed by atoms with Gasteiger partial charge < -0.3 is 14.8 Å². The molecule has 0 aromatic heterocycles. The molecule has 0 spiro atoms. The van der Waals surface area contributed by atoms with Crippen LogP contribution in [0.1, 0.15) is 43.4 Å². The lowest BCUT2D eigenvalue weighted by atomic mass is 9.74. The Labute approximate surface area is 153 Å². The van der Waals surface area contributed by atoms with E-state index in [1.54, 1.807) is 13.0 Å². The number of amides is 1. The molecule has 1 aliphatic rings. The molecule has 0 unspecified atom stereocenters. The number of carbonyl (C=O) groups is 3. The third-order valence-corrected chi connectivity index (χ3v) is 4.57. The number of ketones is 1. The Balaban J connectivity index is 2.48. The fourth-order valence-corrected chi connectivity index (χ4v) is 3.42. The van der Waals surface area contributed by atoms with Gasteiger partial charge >= 0.3 is 12.1 Å². The summed E-state index contributed by atoms with van der Waals surface area (Å²) in [6.07, 6.45) is 1.92. The number of alkyl carbamates (subject to hydrolysis) is 1. The van der Waals surface area contributed by atoms with Crippen LogP contribution in [0, 0.1) is 12.3 Å². The highest BCUT2D eigenvalue weighted by atomic mass is 16.5. The van der Waals surface area contributed by atoms with E-state index in [4.69, 9.17) is 9.47 Å². The zero-order valence-electron chi connectivity index (χ0n) is 15.2. The van der Waals surface area contributed by atoms with Gasteiger partial charge in [0.05, 0.1) is 12.6 Å². The van der Waals surface area contributed by atoms with Crippen molar-refractivity contribution in [1.29, 1.82) is 0 Å². The number of rotatable bonds is 7. The van der Waals surface area contributed by atoms with Crippen LogP contribution in [0.3, 0.4) is 0 Å². The zero-order chi connectivity index (χ0) is 19.2. The number of nitrogens with one attached hydrogen (secondary N) is 1. The van der Waals surface area contributed by atoms with E-state index in [0.717, 1.165) is 5.56 Å². The summed E-state index contributed by atoms with van der Waals surface area (Å²) in [5, 5.41) is 2.72. The maximum atomic E-state index is 12.8. The number of esters is 1. The topological polar surface area (TPSA) is 81.7 Å². The van der Waals surface area contributed by atoms with Crippen molar-refractivity contribution < 1.29 is 23.9 Å². The molecule has 1 aromatic rings. The van der Waals surface area contributed by atoms with Crippen LogP contribution >= 0.6 is 0 Å². The number of carbonyl (C=O) groups excluding carboxylic acids is 3. The molecule has 1 aromatic carbocycles. The van der Waals surface area contributed by atoms with Gasteiger partial charge in [0, 0.05) is 6.42 Å². The van der Waals surface area contributed by atoms with Crippen LogP contribution in [0.15, 0.2) is 36.9 Å². The molecule has 0 bridgehead atoms. The third kappa shape index (κ3) is 3.95. The lowest BCUT2D eigenvalue weighted by molar-refractivity contribution is -0.161. The summed E-state index contributed by atoms with van der Waals surface area (Å²) in [5.74, 6) is -0.815. The normalized spacial score (nSPS) is 20.3. The predicted octanol–water partition coefficient (Wildman–Crippen LogP) is 3.25. The lowest BCUT2D eigenvalue weighted by Gasteiger charge is -2.34. The highest BCUT2D eigenvalue weighted by molar-refractivity contribution is 6.06. The van der Waals surface area contributed by atoms with E-state index in [0.29, 0.717) is 18.4 Å². The molecule has 1 fully saturated rings. The molecule has 2 rings (SSSR count). The van der Waals surface area contributed by atoms with Gasteiger partial charge in [0.15, 0.2) is 11.2 Å². The predicted molar refractivity (Wildman–Crippen MR) is 96.5 cm³/mol. The average Bonchev–Trinajstić information content (AvgIpc) is 3.00. The van der Waals surface area contributed by atoms with Gasteiger partial charge in [-0.05, 0) is 32.3 Å². The Morgan fingerprint density at radius 3 is 2.73 bits per heavy atom. The molecular formula is C20H25NO5. The summed E-state index contributed by atoms with van der Waals surface area (Å²) in [7, 11) is 0. The van der Waals surface area contributed by atoms with Crippen LogP contribution in [0.25, 0.3) is 0 Å². The van der Waals surface area contributed by atoms with Gasteiger partial charge in [0.2, 0.25) is 0 Å². The van der Waals surface area contributed by atoms with Crippen LogP contribution < -0.4 is 5.32 Å². The van der Waals surface area contributed by atoms with Gasteiger partial charge in [-0.15, -0.1) is 0 Å². The van der Waals surface area contributed by atoms with Gasteiger partial charge in [0.25, 0.3) is 0 Å². The fraction of sp³-hybridized carbons (Fsp3) is 0.450. The minimum absolute atomic E-state index is 0.0344. The molecule has 0 radical (unpaired) electrons. The standard InChI is InChI=1S/C20H25NO5/c1-4-12-26-19(24)21-17(15-9-6-8-14(3)13-15)20(18(23)25-5-2)11-7-10-16(20)22/h4,6,8-9,13,17H,1,5,7,10-12H2,2-3H3,(H,21,24)/t17-,20-/m0/s1. The van der Waals surface area contributed by atoms with Crippen LogP contribution in [-0.4, -0.2) is 31.1 Å². The summed E-state index contributed by atoms with van der Waals surface area (Å²) >= 11 is 0. The Morgan fingerprint density at radius 2 is 2.15 bits per heavy atom. The summed E-state index contributed by atoms with van der Waals surface area (Å²) in [6, 6.07) is 6.52. The molecule has 1 amide bonds. The largest absolute Gasteiger partial charge is 0.465 e. The zero-order valence-corrected chi connectivity index (χ0v) is 15.2. The third-order valence-electron chi connectivity index (χ3n) is 4.57. The minimum atomic E-state index is -1.43. The van der Waals surface area contributed by atoms with E-state index in [-0.39, 0.29) is 25.4 Å². The average molecular weight is 359 g/mol. The molecule has 1 saturated carbocycles. The molecular weight excluding hydrogens is 334 g/mol. The minimum Gasteiger partial charge on any atom is -0.465 e. The molecule has 0 heterocycles. The van der Waals surface area contributed by atoms with E-state index in [9.17, 15) is 14.4 Å². The van der Waals surface area contributed by atoms with Gasteiger partial charge in [-0.2, -0.15) is 0 Å². The van der Waals surface area contributed by atoms with Crippen LogP contribution in [0.2, 0.25) is 0 Å². The van der Waals surface area contributed by atoms with Crippen molar-refractivity contribution in [2.24, 2.45) is 5.41 Å². The highest BCUT2D eigenvalue weighted by Gasteiger charge is 2.56. The number of hydrogen-bond acceptors (Lipinski definition) is 5. The summed E-state index contributed by atoms with van der Waals surface area (Å²) < 4.78 is 10.2. The van der Waals surface area contributed by atoms with Gasteiger partial charge in [-0.3, -0.25) is 9.59 Å². The number of aryl methyl sites for hydroxylation is 1. The maximum absolute atomic E-state index is 12.8. The number of ether oxygens (including phenoxy) is 2. The van der Waals surface area contributed by atoms with Crippen molar-refractivity contribution in [1.82, 2.24) is 5.32 Å². The Hall–Kier alpha value is -2.63. The molecule has 0 aliphatic heterocycles. The van der Waals surface area contributed by atoms with E-state index in [2.05, 4.69) is 11.9 Å². The van der Waals surface area contributed by atoms with E-state index in [1.807, 2.05) is 25.1 Å². The molecule has 26 heavy (non-hydrogen) atoms. The summed E-state index contributed by atoms with van der Waals surface area (Å²) in [6.45, 7) is 7.30. The number of hydrogen-bond donors (Lipinski definition) is 1. The second-order valence-corrected chi connectivity index (χ2v) is 6.35. The second-order valence-electron chi connectivity index (χ2n) is 6.35. The van der Waals surface area contributed by atoms with Crippen molar-refractivity contribution >= 4 is 17.8 Å². The van der Waals surface area contributed by atoms with Gasteiger partial charge in [-0.1, -0.05) is 42.5 Å². The fourth-order valence-electron chi connectivity index (χ4n) is 3.42. The molecule has 6 heteroatoms. The maximum Gasteiger partial charge on any atom is 0.407 e. The second kappa shape index (κ2) is 8.65. The molecule has 1 aliphatic carbocycles. The van der Waals surface area contributed by atoms with E-state index < -0.39 is 23.5 Å². The molecule has 140 valence electrons. The highest BCUT2D eigenvalue weighted by Crippen LogP contribution is 2.46. The SMILES string of the molecule is C=CCOC(=O)N[C@@H](c1cccc(C)c1)[C@]1(C(=O)OCC)CCCC1=O. The Morgan fingerprint density at radius 1 is 1.38 bits per heavy atom. The van der Waals surface area contributed by atoms with E-state index >= 15 is 0 Å². The number of benzene rings is 1. The van der Waals surface area contributed by atoms with Crippen LogP contribution in [0.5, 0.6) is 0 Å². The Bertz CT molecular complexity index is 699. The van der Waals surface area contributed by atoms with Crippen molar-refractivity contribution in [3.05, 3.63) is 48.0 Å². The van der Waals surface area contributed by atoms with Crippen molar-refractivity contribution in [2.75, 3.05) is 13.2 Å².